The van der Waals surface area contributed by atoms with Crippen LogP contribution in [-0.2, 0) is 17.4 Å². The first kappa shape index (κ1) is 28.0. The van der Waals surface area contributed by atoms with Gasteiger partial charge in [-0.15, -0.1) is 0 Å². The lowest BCUT2D eigenvalue weighted by Gasteiger charge is -2.35. The maximum Gasteiger partial charge on any atom is 0.417 e. The third-order valence-corrected chi connectivity index (χ3v) is 7.17. The van der Waals surface area contributed by atoms with Crippen LogP contribution in [0.1, 0.15) is 56.2 Å². The average Bonchev–Trinajstić information content (AvgIpc) is 2.85. The molecule has 0 spiro atoms. The van der Waals surface area contributed by atoms with Crippen molar-refractivity contribution in [1.82, 2.24) is 14.8 Å². The second-order valence-corrected chi connectivity index (χ2v) is 10.0. The summed E-state index contributed by atoms with van der Waals surface area (Å²) in [6.45, 7) is 6.14. The number of aromatic nitrogens is 1. The maximum absolute atomic E-state index is 13.0. The van der Waals surface area contributed by atoms with Crippen LogP contribution in [0, 0.1) is 12.8 Å². The highest BCUT2D eigenvalue weighted by atomic mass is 19.4. The summed E-state index contributed by atoms with van der Waals surface area (Å²) in [7, 11) is 0. The first-order valence-corrected chi connectivity index (χ1v) is 12.6. The zero-order valence-corrected chi connectivity index (χ0v) is 20.4. The molecule has 1 amide bonds. The van der Waals surface area contributed by atoms with E-state index in [1.54, 1.807) is 0 Å². The van der Waals surface area contributed by atoms with Crippen molar-refractivity contribution in [1.29, 1.82) is 0 Å². The summed E-state index contributed by atoms with van der Waals surface area (Å²) >= 11 is 0. The van der Waals surface area contributed by atoms with Gasteiger partial charge >= 0.3 is 6.18 Å². The summed E-state index contributed by atoms with van der Waals surface area (Å²) in [5, 5.41) is 3.61. The summed E-state index contributed by atoms with van der Waals surface area (Å²) in [5.74, 6) is 0.318. The molecule has 36 heavy (non-hydrogen) atoms. The van der Waals surface area contributed by atoms with E-state index in [9.17, 15) is 18.0 Å². The predicted octanol–water partition coefficient (Wildman–Crippen LogP) is 5.79. The number of anilines is 1. The van der Waals surface area contributed by atoms with Gasteiger partial charge in [0.1, 0.15) is 0 Å². The minimum atomic E-state index is -4.39. The monoisotopic (exact) mass is 504 g/mol. The standard InChI is InChI=1S/C27H35F3N4O.CH4/c1-20-4-6-24(7-5-20)32-25-8-12-33(13-9-25)14-10-26(35)34-11-2-3-21(19-34)15-22-16-23(18-31-17-22)27(28,29)30;/h4-7,16-18,21,25,32H,2-3,8-15,19H2,1H3;1H4/t21-;/m1./s1. The lowest BCUT2D eigenvalue weighted by Crippen LogP contribution is -2.43. The molecule has 2 aliphatic rings. The number of halogens is 3. The van der Waals surface area contributed by atoms with Gasteiger partial charge in [-0.1, -0.05) is 25.1 Å². The van der Waals surface area contributed by atoms with E-state index in [4.69, 9.17) is 0 Å². The number of pyridine rings is 1. The number of alkyl halides is 3. The number of rotatable bonds is 7. The van der Waals surface area contributed by atoms with Crippen molar-refractivity contribution in [3.8, 4) is 0 Å². The normalized spacial score (nSPS) is 19.6. The molecule has 0 radical (unpaired) electrons. The second kappa shape index (κ2) is 12.6. The predicted molar refractivity (Wildman–Crippen MR) is 138 cm³/mol. The Kier molecular flexibility index (Phi) is 9.77. The van der Waals surface area contributed by atoms with Crippen LogP contribution in [-0.4, -0.2) is 59.5 Å². The number of likely N-dealkylation sites (tertiary alicyclic amines) is 2. The quantitative estimate of drug-likeness (QED) is 0.518. The Morgan fingerprint density at radius 3 is 2.50 bits per heavy atom. The van der Waals surface area contributed by atoms with Crippen LogP contribution in [0.2, 0.25) is 0 Å². The zero-order valence-electron chi connectivity index (χ0n) is 20.4. The van der Waals surface area contributed by atoms with Crippen molar-refractivity contribution in [2.45, 2.75) is 65.1 Å². The van der Waals surface area contributed by atoms with Gasteiger partial charge in [-0.05, 0) is 68.7 Å². The fourth-order valence-electron chi connectivity index (χ4n) is 5.14. The lowest BCUT2D eigenvalue weighted by atomic mass is 9.91. The molecule has 4 rings (SSSR count). The molecule has 0 unspecified atom stereocenters. The van der Waals surface area contributed by atoms with Gasteiger partial charge in [-0.3, -0.25) is 9.78 Å². The highest BCUT2D eigenvalue weighted by Crippen LogP contribution is 2.30. The van der Waals surface area contributed by atoms with Gasteiger partial charge in [0.05, 0.1) is 5.56 Å². The minimum absolute atomic E-state index is 0. The number of hydrogen-bond acceptors (Lipinski definition) is 4. The third-order valence-electron chi connectivity index (χ3n) is 7.17. The molecular formula is C28H39F3N4O. The molecule has 2 aromatic rings. The number of aryl methyl sites for hydroxylation is 1. The van der Waals surface area contributed by atoms with Crippen molar-refractivity contribution in [3.05, 3.63) is 59.4 Å². The number of benzene rings is 1. The van der Waals surface area contributed by atoms with Crippen LogP contribution in [0.15, 0.2) is 42.7 Å². The molecule has 1 atom stereocenters. The summed E-state index contributed by atoms with van der Waals surface area (Å²) < 4.78 is 39.0. The van der Waals surface area contributed by atoms with Crippen LogP contribution < -0.4 is 5.32 Å². The molecule has 3 heterocycles. The largest absolute Gasteiger partial charge is 0.417 e. The molecular weight excluding hydrogens is 465 g/mol. The van der Waals surface area contributed by atoms with Crippen molar-refractivity contribution < 1.29 is 18.0 Å². The highest BCUT2D eigenvalue weighted by Gasteiger charge is 2.31. The molecule has 1 aromatic carbocycles. The third kappa shape index (κ3) is 7.95. The molecule has 2 saturated heterocycles. The second-order valence-electron chi connectivity index (χ2n) is 10.0. The summed E-state index contributed by atoms with van der Waals surface area (Å²) in [5.41, 5.74) is 2.28. The first-order chi connectivity index (χ1) is 16.8. The van der Waals surface area contributed by atoms with E-state index in [0.29, 0.717) is 31.0 Å². The van der Waals surface area contributed by atoms with E-state index in [2.05, 4.69) is 46.4 Å². The zero-order chi connectivity index (χ0) is 24.8. The van der Waals surface area contributed by atoms with Gasteiger partial charge in [0.2, 0.25) is 5.91 Å². The van der Waals surface area contributed by atoms with E-state index in [-0.39, 0.29) is 19.3 Å². The van der Waals surface area contributed by atoms with Crippen LogP contribution in [0.25, 0.3) is 0 Å². The number of carbonyl (C=O) groups excluding carboxylic acids is 1. The number of nitrogens with one attached hydrogen (secondary N) is 1. The molecule has 2 fully saturated rings. The highest BCUT2D eigenvalue weighted by molar-refractivity contribution is 5.76. The molecule has 1 N–H and O–H groups in total. The van der Waals surface area contributed by atoms with E-state index in [1.807, 2.05) is 4.90 Å². The number of piperidine rings is 2. The lowest BCUT2D eigenvalue weighted by molar-refractivity contribution is -0.138. The molecule has 0 aliphatic carbocycles. The Morgan fingerprint density at radius 1 is 1.08 bits per heavy atom. The fraction of sp³-hybridized carbons (Fsp3) is 0.571. The minimum Gasteiger partial charge on any atom is -0.382 e. The van der Waals surface area contributed by atoms with Gasteiger partial charge in [0, 0.05) is 63.3 Å². The molecule has 8 heteroatoms. The smallest absolute Gasteiger partial charge is 0.382 e. The van der Waals surface area contributed by atoms with E-state index >= 15 is 0 Å². The number of carbonyl (C=O) groups is 1. The van der Waals surface area contributed by atoms with Gasteiger partial charge in [0.15, 0.2) is 0 Å². The van der Waals surface area contributed by atoms with Gasteiger partial charge < -0.3 is 15.1 Å². The van der Waals surface area contributed by atoms with E-state index < -0.39 is 11.7 Å². The maximum atomic E-state index is 13.0. The van der Waals surface area contributed by atoms with Crippen molar-refractivity contribution in [2.75, 3.05) is 38.0 Å². The number of hydrogen-bond donors (Lipinski definition) is 1. The SMILES string of the molecule is C.Cc1ccc(NC2CCN(CCC(=O)N3CCC[C@H](Cc4cncc(C(F)(F)F)c4)C3)CC2)cc1. The van der Waals surface area contributed by atoms with Gasteiger partial charge in [-0.2, -0.15) is 13.2 Å². The number of nitrogens with zero attached hydrogens (tertiary/aromatic N) is 3. The van der Waals surface area contributed by atoms with Crippen molar-refractivity contribution in [3.63, 3.8) is 0 Å². The Hall–Kier alpha value is -2.61. The summed E-state index contributed by atoms with van der Waals surface area (Å²) in [6, 6.07) is 10.1. The summed E-state index contributed by atoms with van der Waals surface area (Å²) in [4.78, 5) is 20.9. The molecule has 198 valence electrons. The van der Waals surface area contributed by atoms with Crippen LogP contribution in [0.3, 0.4) is 0 Å². The fourth-order valence-corrected chi connectivity index (χ4v) is 5.14. The first-order valence-electron chi connectivity index (χ1n) is 12.6. The van der Waals surface area contributed by atoms with Crippen LogP contribution in [0.5, 0.6) is 0 Å². The van der Waals surface area contributed by atoms with E-state index in [1.165, 1.54) is 17.8 Å². The Labute approximate surface area is 213 Å². The van der Waals surface area contributed by atoms with Crippen molar-refractivity contribution >= 4 is 11.6 Å². The van der Waals surface area contributed by atoms with Gasteiger partial charge in [0.25, 0.3) is 0 Å². The number of amides is 1. The van der Waals surface area contributed by atoms with E-state index in [0.717, 1.165) is 63.7 Å². The van der Waals surface area contributed by atoms with Crippen LogP contribution >= 0.6 is 0 Å². The molecule has 0 bridgehead atoms. The molecule has 2 aliphatic heterocycles. The molecule has 5 nitrogen and oxygen atoms in total. The Bertz CT molecular complexity index is 972. The molecule has 1 aromatic heterocycles. The Balaban J connectivity index is 0.00000361. The van der Waals surface area contributed by atoms with Crippen molar-refractivity contribution in [2.24, 2.45) is 5.92 Å². The molecule has 0 saturated carbocycles. The summed E-state index contributed by atoms with van der Waals surface area (Å²) in [6.07, 6.45) is 2.91. The van der Waals surface area contributed by atoms with Crippen LogP contribution in [0.4, 0.5) is 18.9 Å². The van der Waals surface area contributed by atoms with Gasteiger partial charge in [-0.25, -0.2) is 0 Å². The topological polar surface area (TPSA) is 48.5 Å². The average molecular weight is 505 g/mol. The Morgan fingerprint density at radius 2 is 1.81 bits per heavy atom.